The number of unbranched alkanes of at least 4 members (excludes halogenated alkanes) is 1. The molecule has 176 valence electrons. The quantitative estimate of drug-likeness (QED) is 0.434. The van der Waals surface area contributed by atoms with E-state index in [0.29, 0.717) is 29.5 Å². The highest BCUT2D eigenvalue weighted by atomic mass is 35.5. The lowest BCUT2D eigenvalue weighted by Gasteiger charge is -2.36. The van der Waals surface area contributed by atoms with Crippen LogP contribution in [-0.4, -0.2) is 59.8 Å². The van der Waals surface area contributed by atoms with Gasteiger partial charge >= 0.3 is 0 Å². The Morgan fingerprint density at radius 2 is 1.94 bits per heavy atom. The summed E-state index contributed by atoms with van der Waals surface area (Å²) in [6, 6.07) is 9.69. The zero-order valence-corrected chi connectivity index (χ0v) is 20.1. The molecular formula is C24H29Cl2N5O2. The number of nitrogens with zero attached hydrogens (tertiary/aromatic N) is 4. The average molecular weight is 490 g/mol. The number of primary amides is 1. The summed E-state index contributed by atoms with van der Waals surface area (Å²) in [7, 11) is 0. The molecular weight excluding hydrogens is 461 g/mol. The molecule has 1 aliphatic heterocycles. The van der Waals surface area contributed by atoms with E-state index >= 15 is 0 Å². The molecule has 0 aliphatic carbocycles. The molecule has 2 N–H and O–H groups in total. The van der Waals surface area contributed by atoms with E-state index in [-0.39, 0.29) is 5.91 Å². The Morgan fingerprint density at radius 3 is 2.73 bits per heavy atom. The fourth-order valence-corrected chi connectivity index (χ4v) is 4.54. The van der Waals surface area contributed by atoms with Gasteiger partial charge in [-0.1, -0.05) is 29.3 Å². The number of ether oxygens (including phenoxy) is 1. The van der Waals surface area contributed by atoms with Crippen LogP contribution in [0.3, 0.4) is 0 Å². The molecule has 4 rings (SSSR count). The van der Waals surface area contributed by atoms with E-state index in [1.807, 2.05) is 36.5 Å². The van der Waals surface area contributed by atoms with Gasteiger partial charge in [0.05, 0.1) is 34.1 Å². The molecule has 3 heterocycles. The second kappa shape index (κ2) is 11.1. The molecule has 1 amide bonds. The van der Waals surface area contributed by atoms with Crippen LogP contribution in [0.25, 0.3) is 5.52 Å². The average Bonchev–Trinajstić information content (AvgIpc) is 3.22. The second-order valence-electron chi connectivity index (χ2n) is 8.29. The first-order valence-corrected chi connectivity index (χ1v) is 12.1. The summed E-state index contributed by atoms with van der Waals surface area (Å²) in [5, 5.41) is 5.56. The number of aryl methyl sites for hydroxylation is 1. The fourth-order valence-electron chi connectivity index (χ4n) is 4.13. The number of hydrogen-bond acceptors (Lipinski definition) is 5. The number of piperazine rings is 1. The van der Waals surface area contributed by atoms with Crippen LogP contribution in [0.1, 0.15) is 24.8 Å². The predicted molar refractivity (Wildman–Crippen MR) is 133 cm³/mol. The molecule has 1 fully saturated rings. The lowest BCUT2D eigenvalue weighted by Crippen LogP contribution is -2.46. The molecule has 0 atom stereocenters. The normalized spacial score (nSPS) is 14.7. The Morgan fingerprint density at radius 1 is 1.12 bits per heavy atom. The van der Waals surface area contributed by atoms with Gasteiger partial charge in [0, 0.05) is 44.9 Å². The van der Waals surface area contributed by atoms with Crippen LogP contribution < -0.4 is 15.4 Å². The van der Waals surface area contributed by atoms with Gasteiger partial charge in [-0.3, -0.25) is 9.69 Å². The topological polar surface area (TPSA) is 76.1 Å². The molecule has 1 saturated heterocycles. The molecule has 2 aromatic heterocycles. The van der Waals surface area contributed by atoms with E-state index in [1.54, 1.807) is 10.7 Å². The number of pyridine rings is 1. The Bertz CT molecular complexity index is 1100. The molecule has 1 aliphatic rings. The summed E-state index contributed by atoms with van der Waals surface area (Å²) >= 11 is 12.5. The maximum Gasteiger partial charge on any atom is 0.217 e. The van der Waals surface area contributed by atoms with Crippen molar-refractivity contribution in [2.45, 2.75) is 25.7 Å². The third-order valence-electron chi connectivity index (χ3n) is 6.00. The number of nitrogens with two attached hydrogens (primary N) is 1. The van der Waals surface area contributed by atoms with Crippen LogP contribution in [0.2, 0.25) is 10.0 Å². The standard InChI is InChI=1S/C24H29Cl2N5O2/c25-20-4-3-5-21(24(20)26)30-13-11-29(12-14-30)9-1-2-15-33-19-8-10-31-22(16-19)18(17-28-31)6-7-23(27)32/h3-5,8,10,16-17H,1-2,6-7,9,11-15H2,(H2,27,32). The third kappa shape index (κ3) is 6.10. The summed E-state index contributed by atoms with van der Waals surface area (Å²) in [5.41, 5.74) is 8.24. The van der Waals surface area contributed by atoms with Gasteiger partial charge < -0.3 is 15.4 Å². The number of amides is 1. The van der Waals surface area contributed by atoms with Crippen molar-refractivity contribution in [3.05, 3.63) is 58.3 Å². The highest BCUT2D eigenvalue weighted by molar-refractivity contribution is 6.43. The Labute approximate surface area is 204 Å². The van der Waals surface area contributed by atoms with Crippen LogP contribution in [0, 0.1) is 0 Å². The fraction of sp³-hybridized carbons (Fsp3) is 0.417. The Kier molecular flexibility index (Phi) is 7.96. The smallest absolute Gasteiger partial charge is 0.217 e. The van der Waals surface area contributed by atoms with Crippen LogP contribution in [0.5, 0.6) is 5.75 Å². The highest BCUT2D eigenvalue weighted by Gasteiger charge is 2.19. The monoisotopic (exact) mass is 489 g/mol. The van der Waals surface area contributed by atoms with Crippen molar-refractivity contribution in [3.8, 4) is 5.75 Å². The molecule has 0 radical (unpaired) electrons. The first-order chi connectivity index (χ1) is 16.0. The number of rotatable bonds is 10. The zero-order valence-electron chi connectivity index (χ0n) is 18.6. The van der Waals surface area contributed by atoms with Crippen molar-refractivity contribution in [2.24, 2.45) is 5.73 Å². The lowest BCUT2D eigenvalue weighted by molar-refractivity contribution is -0.117. The van der Waals surface area contributed by atoms with E-state index in [9.17, 15) is 4.79 Å². The van der Waals surface area contributed by atoms with Gasteiger partial charge in [-0.05, 0) is 49.6 Å². The number of benzene rings is 1. The molecule has 0 spiro atoms. The molecule has 7 nitrogen and oxygen atoms in total. The van der Waals surface area contributed by atoms with E-state index in [2.05, 4.69) is 14.9 Å². The number of anilines is 1. The van der Waals surface area contributed by atoms with E-state index in [4.69, 9.17) is 33.7 Å². The lowest BCUT2D eigenvalue weighted by atomic mass is 10.1. The number of carbonyl (C=O) groups is 1. The zero-order chi connectivity index (χ0) is 23.2. The first kappa shape index (κ1) is 23.7. The number of carbonyl (C=O) groups excluding carboxylic acids is 1. The molecule has 0 saturated carbocycles. The Hall–Kier alpha value is -2.48. The summed E-state index contributed by atoms with van der Waals surface area (Å²) in [6.45, 7) is 5.63. The molecule has 3 aromatic rings. The molecule has 9 heteroatoms. The number of hydrogen-bond donors (Lipinski definition) is 1. The van der Waals surface area contributed by atoms with Crippen LogP contribution in [-0.2, 0) is 11.2 Å². The second-order valence-corrected chi connectivity index (χ2v) is 9.07. The molecule has 0 bridgehead atoms. The Balaban J connectivity index is 1.18. The number of aromatic nitrogens is 2. The van der Waals surface area contributed by atoms with Gasteiger partial charge in [0.1, 0.15) is 5.75 Å². The minimum absolute atomic E-state index is 0.309. The van der Waals surface area contributed by atoms with Crippen molar-refractivity contribution in [1.29, 1.82) is 0 Å². The SMILES string of the molecule is NC(=O)CCc1cnn2ccc(OCCCCN3CCN(c4cccc(Cl)c4Cl)CC3)cc12. The minimum Gasteiger partial charge on any atom is -0.493 e. The summed E-state index contributed by atoms with van der Waals surface area (Å²) in [4.78, 5) is 15.9. The van der Waals surface area contributed by atoms with Crippen LogP contribution >= 0.6 is 23.2 Å². The molecule has 33 heavy (non-hydrogen) atoms. The largest absolute Gasteiger partial charge is 0.493 e. The maximum atomic E-state index is 11.1. The first-order valence-electron chi connectivity index (χ1n) is 11.3. The van der Waals surface area contributed by atoms with Crippen molar-refractivity contribution >= 4 is 40.3 Å². The molecule has 1 aromatic carbocycles. The van der Waals surface area contributed by atoms with Gasteiger partial charge in [0.2, 0.25) is 5.91 Å². The van der Waals surface area contributed by atoms with Crippen LogP contribution in [0.4, 0.5) is 5.69 Å². The predicted octanol–water partition coefficient (Wildman–Crippen LogP) is 4.04. The van der Waals surface area contributed by atoms with Crippen molar-refractivity contribution in [3.63, 3.8) is 0 Å². The van der Waals surface area contributed by atoms with Crippen molar-refractivity contribution in [2.75, 3.05) is 44.2 Å². The van der Waals surface area contributed by atoms with Crippen molar-refractivity contribution < 1.29 is 9.53 Å². The van der Waals surface area contributed by atoms with E-state index in [0.717, 1.165) is 68.1 Å². The summed E-state index contributed by atoms with van der Waals surface area (Å²) in [5.74, 6) is 0.506. The van der Waals surface area contributed by atoms with Gasteiger partial charge in [-0.15, -0.1) is 0 Å². The van der Waals surface area contributed by atoms with E-state index in [1.165, 1.54) is 0 Å². The van der Waals surface area contributed by atoms with Crippen molar-refractivity contribution in [1.82, 2.24) is 14.5 Å². The summed E-state index contributed by atoms with van der Waals surface area (Å²) in [6.07, 6.45) is 6.62. The minimum atomic E-state index is -0.309. The van der Waals surface area contributed by atoms with Gasteiger partial charge in [0.15, 0.2) is 0 Å². The van der Waals surface area contributed by atoms with E-state index < -0.39 is 0 Å². The third-order valence-corrected chi connectivity index (χ3v) is 6.80. The van der Waals surface area contributed by atoms with Crippen LogP contribution in [0.15, 0.2) is 42.7 Å². The summed E-state index contributed by atoms with van der Waals surface area (Å²) < 4.78 is 7.76. The van der Waals surface area contributed by atoms with Gasteiger partial charge in [-0.25, -0.2) is 4.52 Å². The molecule has 0 unspecified atom stereocenters. The number of halogens is 2. The highest BCUT2D eigenvalue weighted by Crippen LogP contribution is 2.32. The maximum absolute atomic E-state index is 11.1. The number of fused-ring (bicyclic) bond motifs is 1. The van der Waals surface area contributed by atoms with Gasteiger partial charge in [0.25, 0.3) is 0 Å². The van der Waals surface area contributed by atoms with Gasteiger partial charge in [-0.2, -0.15) is 5.10 Å².